The number of hydrogen-bond acceptors (Lipinski definition) is 4. The second kappa shape index (κ2) is 5.84. The highest BCUT2D eigenvalue weighted by atomic mass is 32.2. The van der Waals surface area contributed by atoms with Crippen LogP contribution >= 0.6 is 0 Å². The molecule has 0 bridgehead atoms. The van der Waals surface area contributed by atoms with Crippen molar-refractivity contribution >= 4 is 10.0 Å². The van der Waals surface area contributed by atoms with Crippen molar-refractivity contribution in [2.45, 2.75) is 50.8 Å². The van der Waals surface area contributed by atoms with E-state index in [1.54, 1.807) is 6.07 Å². The Hall–Kier alpha value is -0.880. The Labute approximate surface area is 108 Å². The minimum atomic E-state index is -3.32. The molecule has 1 aromatic rings. The van der Waals surface area contributed by atoms with Crippen molar-refractivity contribution in [2.75, 3.05) is 0 Å². The van der Waals surface area contributed by atoms with Gasteiger partial charge in [-0.2, -0.15) is 0 Å². The van der Waals surface area contributed by atoms with E-state index in [9.17, 15) is 8.42 Å². The van der Waals surface area contributed by atoms with Gasteiger partial charge in [-0.1, -0.05) is 31.3 Å². The van der Waals surface area contributed by atoms with E-state index < -0.39 is 10.0 Å². The topological polar surface area (TPSA) is 72.2 Å². The van der Waals surface area contributed by atoms with E-state index in [2.05, 4.69) is 21.3 Å². The molecule has 0 amide bonds. The molecule has 2 atom stereocenters. The standard InChI is InChI=1S/C12H20N2O3S/c1-2-10-5-3-4-6-12(10)14-18(15,16)9-11-7-8-17-13-11/h7-8,10,12,14H,2-6,9H2,1H3. The normalized spacial score (nSPS) is 25.2. The van der Waals surface area contributed by atoms with Gasteiger partial charge in [0, 0.05) is 12.1 Å². The Balaban J connectivity index is 1.98. The zero-order valence-corrected chi connectivity index (χ0v) is 11.4. The quantitative estimate of drug-likeness (QED) is 0.890. The van der Waals surface area contributed by atoms with Gasteiger partial charge in [-0.05, 0) is 18.8 Å². The van der Waals surface area contributed by atoms with Crippen molar-refractivity contribution in [3.05, 3.63) is 18.0 Å². The number of nitrogens with one attached hydrogen (secondary N) is 1. The molecule has 1 aliphatic carbocycles. The van der Waals surface area contributed by atoms with Gasteiger partial charge in [-0.25, -0.2) is 13.1 Å². The molecule has 0 spiro atoms. The molecule has 0 saturated heterocycles. The van der Waals surface area contributed by atoms with Gasteiger partial charge in [-0.3, -0.25) is 0 Å². The van der Waals surface area contributed by atoms with E-state index in [1.807, 2.05) is 0 Å². The summed E-state index contributed by atoms with van der Waals surface area (Å²) in [5.74, 6) is 0.363. The molecule has 0 aliphatic heterocycles. The summed E-state index contributed by atoms with van der Waals surface area (Å²) in [4.78, 5) is 0. The van der Waals surface area contributed by atoms with Gasteiger partial charge in [0.15, 0.2) is 0 Å². The minimum absolute atomic E-state index is 0.0839. The summed E-state index contributed by atoms with van der Waals surface area (Å²) in [6.07, 6.45) is 6.79. The predicted octanol–water partition coefficient (Wildman–Crippen LogP) is 2.06. The van der Waals surface area contributed by atoms with Gasteiger partial charge < -0.3 is 4.52 Å². The van der Waals surface area contributed by atoms with Gasteiger partial charge in [0.05, 0.1) is 5.69 Å². The fourth-order valence-electron chi connectivity index (χ4n) is 2.63. The first-order valence-electron chi connectivity index (χ1n) is 6.50. The summed E-state index contributed by atoms with van der Waals surface area (Å²) in [6.45, 7) is 2.12. The van der Waals surface area contributed by atoms with E-state index in [0.717, 1.165) is 25.7 Å². The van der Waals surface area contributed by atoms with Gasteiger partial charge in [-0.15, -0.1) is 0 Å². The molecule has 6 heteroatoms. The fraction of sp³-hybridized carbons (Fsp3) is 0.750. The van der Waals surface area contributed by atoms with Crippen LogP contribution in [0, 0.1) is 5.92 Å². The molecule has 2 unspecified atom stereocenters. The molecule has 1 aliphatic rings. The van der Waals surface area contributed by atoms with Crippen molar-refractivity contribution in [3.63, 3.8) is 0 Å². The molecule has 0 radical (unpaired) electrons. The maximum absolute atomic E-state index is 12.0. The summed E-state index contributed by atoms with van der Waals surface area (Å²) in [6, 6.07) is 1.66. The minimum Gasteiger partial charge on any atom is -0.364 e. The Morgan fingerprint density at radius 2 is 2.22 bits per heavy atom. The van der Waals surface area contributed by atoms with Gasteiger partial charge in [0.1, 0.15) is 12.0 Å². The monoisotopic (exact) mass is 272 g/mol. The first-order chi connectivity index (χ1) is 8.61. The zero-order valence-electron chi connectivity index (χ0n) is 10.6. The lowest BCUT2D eigenvalue weighted by Gasteiger charge is -2.31. The number of sulfonamides is 1. The summed E-state index contributed by atoms with van der Waals surface area (Å²) in [5, 5.41) is 3.64. The van der Waals surface area contributed by atoms with Crippen molar-refractivity contribution in [1.82, 2.24) is 9.88 Å². The molecule has 5 nitrogen and oxygen atoms in total. The van der Waals surface area contributed by atoms with Crippen LogP contribution < -0.4 is 4.72 Å². The maximum Gasteiger partial charge on any atom is 0.217 e. The molecule has 18 heavy (non-hydrogen) atoms. The van der Waals surface area contributed by atoms with Crippen molar-refractivity contribution in [2.24, 2.45) is 5.92 Å². The van der Waals surface area contributed by atoms with Crippen LogP contribution in [0.1, 0.15) is 44.7 Å². The SMILES string of the molecule is CCC1CCCCC1NS(=O)(=O)Cc1ccon1. The molecular formula is C12H20N2O3S. The number of nitrogens with zero attached hydrogens (tertiary/aromatic N) is 1. The van der Waals surface area contributed by atoms with Gasteiger partial charge in [0.2, 0.25) is 10.0 Å². The first kappa shape index (κ1) is 13.5. The maximum atomic E-state index is 12.0. The van der Waals surface area contributed by atoms with Crippen LogP contribution in [-0.2, 0) is 15.8 Å². The number of aromatic nitrogens is 1. The summed E-state index contributed by atoms with van der Waals surface area (Å²) < 4.78 is 31.5. The second-order valence-corrected chi connectivity index (χ2v) is 6.68. The molecule has 1 aromatic heterocycles. The lowest BCUT2D eigenvalue weighted by atomic mass is 9.83. The van der Waals surface area contributed by atoms with Crippen molar-refractivity contribution in [1.29, 1.82) is 0 Å². The molecule has 1 fully saturated rings. The predicted molar refractivity (Wildman–Crippen MR) is 68.3 cm³/mol. The van der Waals surface area contributed by atoms with E-state index >= 15 is 0 Å². The average molecular weight is 272 g/mol. The van der Waals surface area contributed by atoms with Crippen molar-refractivity contribution < 1.29 is 12.9 Å². The summed E-state index contributed by atoms with van der Waals surface area (Å²) in [7, 11) is -3.32. The number of rotatable bonds is 5. The van der Waals surface area contributed by atoms with E-state index in [1.165, 1.54) is 12.7 Å². The van der Waals surface area contributed by atoms with Crippen LogP contribution in [0.5, 0.6) is 0 Å². The summed E-state index contributed by atoms with van der Waals surface area (Å²) >= 11 is 0. The van der Waals surface area contributed by atoms with Crippen LogP contribution in [0.25, 0.3) is 0 Å². The summed E-state index contributed by atoms with van der Waals surface area (Å²) in [5.41, 5.74) is 0.450. The Bertz CT molecular complexity index is 456. The lowest BCUT2D eigenvalue weighted by Crippen LogP contribution is -2.42. The molecule has 1 heterocycles. The van der Waals surface area contributed by atoms with Crippen LogP contribution in [-0.4, -0.2) is 19.6 Å². The molecule has 1 N–H and O–H groups in total. The third-order valence-corrected chi connectivity index (χ3v) is 4.93. The second-order valence-electron chi connectivity index (χ2n) is 4.93. The van der Waals surface area contributed by atoms with Gasteiger partial charge >= 0.3 is 0 Å². The highest BCUT2D eigenvalue weighted by molar-refractivity contribution is 7.88. The third kappa shape index (κ3) is 3.55. The highest BCUT2D eigenvalue weighted by Crippen LogP contribution is 2.27. The van der Waals surface area contributed by atoms with Crippen molar-refractivity contribution in [3.8, 4) is 0 Å². The molecule has 1 saturated carbocycles. The Morgan fingerprint density at radius 1 is 1.44 bits per heavy atom. The Morgan fingerprint density at radius 3 is 2.89 bits per heavy atom. The van der Waals surface area contributed by atoms with Crippen LogP contribution in [0.4, 0.5) is 0 Å². The highest BCUT2D eigenvalue weighted by Gasteiger charge is 2.27. The van der Waals surface area contributed by atoms with Crippen LogP contribution in [0.3, 0.4) is 0 Å². The molecule has 102 valence electrons. The molecule has 0 aromatic carbocycles. The van der Waals surface area contributed by atoms with E-state index in [0.29, 0.717) is 11.6 Å². The zero-order chi connectivity index (χ0) is 13.0. The first-order valence-corrected chi connectivity index (χ1v) is 8.15. The van der Waals surface area contributed by atoms with Crippen LogP contribution in [0.15, 0.2) is 16.9 Å². The largest absolute Gasteiger partial charge is 0.364 e. The number of hydrogen-bond donors (Lipinski definition) is 1. The molecule has 2 rings (SSSR count). The average Bonchev–Trinajstić information content (AvgIpc) is 2.81. The fourth-order valence-corrected chi connectivity index (χ4v) is 4.02. The van der Waals surface area contributed by atoms with E-state index in [-0.39, 0.29) is 11.8 Å². The third-order valence-electron chi connectivity index (χ3n) is 3.59. The Kier molecular flexibility index (Phi) is 4.40. The van der Waals surface area contributed by atoms with Crippen LogP contribution in [0.2, 0.25) is 0 Å². The van der Waals surface area contributed by atoms with E-state index in [4.69, 9.17) is 0 Å². The smallest absolute Gasteiger partial charge is 0.217 e. The molecular weight excluding hydrogens is 252 g/mol. The van der Waals surface area contributed by atoms with Gasteiger partial charge in [0.25, 0.3) is 0 Å². The lowest BCUT2D eigenvalue weighted by molar-refractivity contribution is 0.282.